The van der Waals surface area contributed by atoms with Gasteiger partial charge in [0, 0.05) is 12.3 Å². The van der Waals surface area contributed by atoms with E-state index < -0.39 is 192 Å². The molecule has 3 saturated carbocycles. The van der Waals surface area contributed by atoms with Crippen molar-refractivity contribution in [1.29, 1.82) is 0 Å². The van der Waals surface area contributed by atoms with Crippen molar-refractivity contribution in [2.45, 2.75) is 264 Å². The third-order valence-corrected chi connectivity index (χ3v) is 21.6. The molecule has 0 aromatic carbocycles. The normalized spacial score (nSPS) is 54.8. The van der Waals surface area contributed by atoms with Crippen LogP contribution in [0.2, 0.25) is 0 Å². The van der Waals surface area contributed by atoms with Crippen LogP contribution in [0.5, 0.6) is 0 Å². The van der Waals surface area contributed by atoms with E-state index in [-0.39, 0.29) is 41.3 Å². The van der Waals surface area contributed by atoms with Crippen molar-refractivity contribution in [3.63, 3.8) is 0 Å². The van der Waals surface area contributed by atoms with E-state index in [2.05, 4.69) is 26.8 Å². The predicted molar refractivity (Wildman–Crippen MR) is 283 cm³/mol. The Labute approximate surface area is 492 Å². The number of hydrogen-bond acceptors (Lipinski definition) is 28. The summed E-state index contributed by atoms with van der Waals surface area (Å²) in [4.78, 5) is 0. The van der Waals surface area contributed by atoms with Gasteiger partial charge >= 0.3 is 0 Å². The lowest BCUT2D eigenvalue weighted by Gasteiger charge is -2.58. The Balaban J connectivity index is 0.803. The lowest BCUT2D eigenvalue weighted by atomic mass is 9.47. The van der Waals surface area contributed by atoms with Gasteiger partial charge in [0.05, 0.1) is 51.3 Å². The molecule has 17 N–H and O–H groups in total. The van der Waals surface area contributed by atoms with Crippen molar-refractivity contribution >= 4 is 0 Å². The average molecular weight is 1230 g/mol. The van der Waals surface area contributed by atoms with E-state index in [9.17, 15) is 86.8 Å². The molecule has 0 aromatic heterocycles. The van der Waals surface area contributed by atoms with Crippen LogP contribution in [0.15, 0.2) is 11.6 Å². The molecule has 28 nitrogen and oxygen atoms in total. The maximum absolute atomic E-state index is 12.4. The summed E-state index contributed by atoms with van der Waals surface area (Å²) in [6.07, 6.45) is -33.3. The van der Waals surface area contributed by atoms with E-state index in [0.717, 1.165) is 32.1 Å². The van der Waals surface area contributed by atoms with E-state index in [4.69, 9.17) is 52.1 Å². The lowest BCUT2D eigenvalue weighted by molar-refractivity contribution is -0.396. The molecule has 10 aliphatic rings. The standard InChI is InChI=1S/C57H94O28/c1-21(20-75-50-42(69)40(67)36(63)30(16-58)78-50)8-13-57(74)22(2)34-29(85-57)15-28-26-7-6-24-14-25(9-11-55(24,4)27(26)10-12-56(28,34)5)77-54-49(84-51-43(70)39(66)35(62)23(3)76-51)45(72)47(33(19-61)81-54)82-53-46(73)48(38(65)32(18-60)80-53)83-52-44(71)41(68)37(64)31(17-59)79-52/h6,21-23,25-54,58-74H,7-20H2,1-5H3/t21-,22+,23+,25+,26-,27+,28+,29+,30-,31-,32-,33-,34+,35+,36-,37-,38-,39-,40+,41+,42-,43-,44-,45+,46-,47-,48+,49-,50-,51+,52+,53+,54+,55+,56+,57?/m1/s1. The number of hydrogen-bond donors (Lipinski definition) is 17. The molecule has 85 heavy (non-hydrogen) atoms. The Bertz CT molecular complexity index is 2240. The number of ether oxygens (including phenoxy) is 11. The topological polar surface area (TPSA) is 445 Å². The van der Waals surface area contributed by atoms with Crippen LogP contribution in [0.1, 0.15) is 92.4 Å². The van der Waals surface area contributed by atoms with Gasteiger partial charge < -0.3 is 139 Å². The van der Waals surface area contributed by atoms with Gasteiger partial charge in [-0.1, -0.05) is 39.3 Å². The maximum atomic E-state index is 12.4. The van der Waals surface area contributed by atoms with Crippen molar-refractivity contribution in [2.24, 2.45) is 46.3 Å². The maximum Gasteiger partial charge on any atom is 0.187 e. The van der Waals surface area contributed by atoms with Crippen molar-refractivity contribution in [3.05, 3.63) is 11.6 Å². The molecule has 10 rings (SSSR count). The zero-order chi connectivity index (χ0) is 61.5. The number of aliphatic hydroxyl groups excluding tert-OH is 16. The molecular formula is C57H94O28. The molecule has 1 unspecified atom stereocenters. The highest BCUT2D eigenvalue weighted by Crippen LogP contribution is 2.70. The fraction of sp³-hybridized carbons (Fsp3) is 0.965. The molecule has 9 fully saturated rings. The third-order valence-electron chi connectivity index (χ3n) is 21.6. The monoisotopic (exact) mass is 1230 g/mol. The number of rotatable bonds is 18. The summed E-state index contributed by atoms with van der Waals surface area (Å²) < 4.78 is 66.2. The summed E-state index contributed by atoms with van der Waals surface area (Å²) in [5.74, 6) is -0.555. The largest absolute Gasteiger partial charge is 0.394 e. The summed E-state index contributed by atoms with van der Waals surface area (Å²) in [5.41, 5.74) is 0.880. The highest BCUT2D eigenvalue weighted by Gasteiger charge is 2.68. The summed E-state index contributed by atoms with van der Waals surface area (Å²) in [6.45, 7) is 7.16. The SMILES string of the molecule is C[C@H](CCC1(O)O[C@H]2C[C@H]3[C@@H]4CC=C5C[C@@H](O[C@H]6O[C@H](CO)[C@@H](O[C@@H]7O[C@H](CO)[C@@H](O)[C@H](O[C@@H]8O[C@H](CO)[C@@H](O)[C@H](O)[C@H]8O)[C@H]7O)[C@H](O)[C@H]6O[C@@H]6O[C@@H](C)[C@H](O)[C@@H](O)[C@H]6O)CC[C@]5(C)[C@H]4CC[C@]3(C)[C@H]2[C@@H]1C)CO[C@@H]1O[C@H](CO)[C@@H](O)[C@H](O)[C@H]1O. The van der Waals surface area contributed by atoms with E-state index in [1.807, 2.05) is 6.92 Å². The Hall–Kier alpha value is -1.38. The molecule has 0 aromatic rings. The van der Waals surface area contributed by atoms with Crippen LogP contribution >= 0.6 is 0 Å². The first-order valence-electron chi connectivity index (χ1n) is 30.4. The third kappa shape index (κ3) is 12.2. The van der Waals surface area contributed by atoms with E-state index in [1.165, 1.54) is 12.5 Å². The van der Waals surface area contributed by atoms with Gasteiger partial charge in [0.2, 0.25) is 0 Å². The van der Waals surface area contributed by atoms with E-state index >= 15 is 0 Å². The van der Waals surface area contributed by atoms with Crippen molar-refractivity contribution in [2.75, 3.05) is 33.0 Å². The Morgan fingerprint density at radius 1 is 0.553 bits per heavy atom. The minimum absolute atomic E-state index is 0.106. The molecule has 6 saturated heterocycles. The fourth-order valence-electron chi connectivity index (χ4n) is 16.5. The second kappa shape index (κ2) is 26.3. The molecule has 4 aliphatic carbocycles. The molecular weight excluding hydrogens is 1130 g/mol. The van der Waals surface area contributed by atoms with Crippen molar-refractivity contribution in [1.82, 2.24) is 0 Å². The zero-order valence-electron chi connectivity index (χ0n) is 48.6. The average Bonchev–Trinajstić information content (AvgIpc) is 1.60. The molecule has 0 amide bonds. The van der Waals surface area contributed by atoms with Crippen LogP contribution in [-0.2, 0) is 52.1 Å². The van der Waals surface area contributed by atoms with Gasteiger partial charge in [0.25, 0.3) is 0 Å². The van der Waals surface area contributed by atoms with Crippen molar-refractivity contribution in [3.8, 4) is 0 Å². The summed E-state index contributed by atoms with van der Waals surface area (Å²) in [7, 11) is 0. The number of fused-ring (bicyclic) bond motifs is 7. The second-order valence-electron chi connectivity index (χ2n) is 26.6. The van der Waals surface area contributed by atoms with Gasteiger partial charge in [0.15, 0.2) is 37.2 Å². The Morgan fingerprint density at radius 2 is 1.09 bits per heavy atom. The Morgan fingerprint density at radius 3 is 1.73 bits per heavy atom. The molecule has 490 valence electrons. The lowest BCUT2D eigenvalue weighted by Crippen LogP contribution is -2.68. The summed E-state index contributed by atoms with van der Waals surface area (Å²) in [6, 6.07) is 0. The first-order valence-corrected chi connectivity index (χ1v) is 30.4. The van der Waals surface area contributed by atoms with Crippen LogP contribution in [0, 0.1) is 46.3 Å². The minimum atomic E-state index is -2.04. The first-order chi connectivity index (χ1) is 40.2. The van der Waals surface area contributed by atoms with E-state index in [1.54, 1.807) is 0 Å². The predicted octanol–water partition coefficient (Wildman–Crippen LogP) is -5.18. The molecule has 6 aliphatic heterocycles. The van der Waals surface area contributed by atoms with Gasteiger partial charge in [-0.25, -0.2) is 0 Å². The molecule has 0 spiro atoms. The first kappa shape index (κ1) is 66.5. The molecule has 36 atom stereocenters. The smallest absolute Gasteiger partial charge is 0.187 e. The van der Waals surface area contributed by atoms with Gasteiger partial charge in [-0.15, -0.1) is 0 Å². The Kier molecular flexibility index (Phi) is 20.6. The minimum Gasteiger partial charge on any atom is -0.394 e. The van der Waals surface area contributed by atoms with Crippen LogP contribution in [0.4, 0.5) is 0 Å². The fourth-order valence-corrected chi connectivity index (χ4v) is 16.5. The highest BCUT2D eigenvalue weighted by molar-refractivity contribution is 5.26. The molecule has 6 heterocycles. The van der Waals surface area contributed by atoms with E-state index in [0.29, 0.717) is 43.4 Å². The van der Waals surface area contributed by atoms with Gasteiger partial charge in [-0.2, -0.15) is 0 Å². The summed E-state index contributed by atoms with van der Waals surface area (Å²) >= 11 is 0. The van der Waals surface area contributed by atoms with Crippen LogP contribution in [-0.4, -0.2) is 291 Å². The van der Waals surface area contributed by atoms with Crippen LogP contribution in [0.25, 0.3) is 0 Å². The van der Waals surface area contributed by atoms with Gasteiger partial charge in [-0.05, 0) is 98.7 Å². The number of aliphatic hydroxyl groups is 17. The number of allylic oxidation sites excluding steroid dienone is 1. The van der Waals surface area contributed by atoms with Crippen molar-refractivity contribution < 1.29 is 139 Å². The zero-order valence-corrected chi connectivity index (χ0v) is 48.6. The molecule has 28 heteroatoms. The highest BCUT2D eigenvalue weighted by atomic mass is 16.8. The van der Waals surface area contributed by atoms with Gasteiger partial charge in [-0.3, -0.25) is 0 Å². The molecule has 0 radical (unpaired) electrons. The van der Waals surface area contributed by atoms with Gasteiger partial charge in [0.1, 0.15) is 116 Å². The second-order valence-corrected chi connectivity index (χ2v) is 26.6. The van der Waals surface area contributed by atoms with Crippen LogP contribution in [0.3, 0.4) is 0 Å². The summed E-state index contributed by atoms with van der Waals surface area (Å²) in [5, 5.41) is 183. The quantitative estimate of drug-likeness (QED) is 0.0571. The molecule has 0 bridgehead atoms. The van der Waals surface area contributed by atoms with Crippen LogP contribution < -0.4 is 0 Å².